The lowest BCUT2D eigenvalue weighted by molar-refractivity contribution is -0.122. The lowest BCUT2D eigenvalue weighted by Crippen LogP contribution is -2.33. The van der Waals surface area contributed by atoms with Crippen LogP contribution in [0, 0.1) is 5.82 Å². The molecule has 2 aromatic carbocycles. The first-order valence-corrected chi connectivity index (χ1v) is 8.86. The number of imide groups is 1. The zero-order valence-corrected chi connectivity index (χ0v) is 14.9. The molecule has 1 aliphatic heterocycles. The van der Waals surface area contributed by atoms with Crippen molar-refractivity contribution in [3.63, 3.8) is 0 Å². The summed E-state index contributed by atoms with van der Waals surface area (Å²) in [5, 5.41) is 2.70. The van der Waals surface area contributed by atoms with Crippen LogP contribution >= 0.6 is 11.8 Å². The maximum Gasteiger partial charge on any atom is 0.295 e. The summed E-state index contributed by atoms with van der Waals surface area (Å²) in [6, 6.07) is 13.0. The van der Waals surface area contributed by atoms with E-state index in [0.29, 0.717) is 17.1 Å². The molecule has 26 heavy (non-hydrogen) atoms. The van der Waals surface area contributed by atoms with Gasteiger partial charge >= 0.3 is 0 Å². The van der Waals surface area contributed by atoms with Crippen molar-refractivity contribution in [1.82, 2.24) is 4.90 Å². The number of hydrogen-bond acceptors (Lipinski definition) is 5. The second-order valence-corrected chi connectivity index (χ2v) is 6.45. The molecule has 7 heteroatoms. The number of nitrogens with zero attached hydrogens (tertiary/aromatic N) is 1. The lowest BCUT2D eigenvalue weighted by atomic mass is 10.2. The summed E-state index contributed by atoms with van der Waals surface area (Å²) < 4.78 is 18.3. The topological polar surface area (TPSA) is 58.6 Å². The molecular formula is C19H17FN2O3S. The molecule has 1 aliphatic rings. The van der Waals surface area contributed by atoms with Crippen molar-refractivity contribution in [1.29, 1.82) is 0 Å². The summed E-state index contributed by atoms with van der Waals surface area (Å²) in [4.78, 5) is 26.0. The predicted molar refractivity (Wildman–Crippen MR) is 100 cm³/mol. The van der Waals surface area contributed by atoms with Crippen LogP contribution < -0.4 is 10.1 Å². The Morgan fingerprint density at radius 1 is 1.12 bits per heavy atom. The molecular weight excluding hydrogens is 355 g/mol. The fourth-order valence-corrected chi connectivity index (χ4v) is 3.19. The number of thioether (sulfide) groups is 1. The Balaban J connectivity index is 1.64. The van der Waals surface area contributed by atoms with Gasteiger partial charge in [0.2, 0.25) is 0 Å². The molecule has 3 rings (SSSR count). The average Bonchev–Trinajstić information content (AvgIpc) is 2.90. The molecule has 1 N–H and O–H groups in total. The van der Waals surface area contributed by atoms with Crippen LogP contribution in [0.15, 0.2) is 53.4 Å². The highest BCUT2D eigenvalue weighted by molar-refractivity contribution is 8.18. The zero-order chi connectivity index (χ0) is 18.5. The van der Waals surface area contributed by atoms with Crippen molar-refractivity contribution in [3.8, 4) is 5.75 Å². The number of carbonyl (C=O) groups excluding carboxylic acids is 2. The summed E-state index contributed by atoms with van der Waals surface area (Å²) in [6.07, 6.45) is 1.58. The van der Waals surface area contributed by atoms with Crippen LogP contribution in [0.25, 0.3) is 6.08 Å². The number of amides is 2. The van der Waals surface area contributed by atoms with E-state index in [2.05, 4.69) is 5.32 Å². The standard InChI is InChI=1S/C19H17FN2O3S/c1-2-25-16-9-7-15(8-10-16)21-12-22-18(23)17(26-19(22)24)11-13-3-5-14(20)6-4-13/h3-11,21H,2,12H2,1H3/b17-11-. The van der Waals surface area contributed by atoms with E-state index in [9.17, 15) is 14.0 Å². The summed E-state index contributed by atoms with van der Waals surface area (Å²) in [6.45, 7) is 2.56. The minimum atomic E-state index is -0.372. The maximum atomic E-state index is 13.0. The van der Waals surface area contributed by atoms with Crippen molar-refractivity contribution in [2.24, 2.45) is 0 Å². The lowest BCUT2D eigenvalue weighted by Gasteiger charge is -2.14. The van der Waals surface area contributed by atoms with Crippen molar-refractivity contribution >= 4 is 34.7 Å². The largest absolute Gasteiger partial charge is 0.494 e. The number of anilines is 1. The van der Waals surface area contributed by atoms with Gasteiger partial charge in [-0.1, -0.05) is 12.1 Å². The molecule has 1 heterocycles. The van der Waals surface area contributed by atoms with Crippen LogP contribution in [0.1, 0.15) is 12.5 Å². The number of nitrogens with one attached hydrogen (secondary N) is 1. The van der Waals surface area contributed by atoms with Gasteiger partial charge in [-0.25, -0.2) is 4.39 Å². The van der Waals surface area contributed by atoms with Gasteiger partial charge in [-0.2, -0.15) is 0 Å². The molecule has 0 spiro atoms. The van der Waals surface area contributed by atoms with E-state index < -0.39 is 0 Å². The molecule has 2 amide bonds. The molecule has 5 nitrogen and oxygen atoms in total. The van der Waals surface area contributed by atoms with Gasteiger partial charge in [-0.3, -0.25) is 14.5 Å². The number of carbonyl (C=O) groups is 2. The number of benzene rings is 2. The van der Waals surface area contributed by atoms with Gasteiger partial charge in [-0.15, -0.1) is 0 Å². The third-order valence-corrected chi connectivity index (χ3v) is 4.56. The van der Waals surface area contributed by atoms with Gasteiger partial charge in [0, 0.05) is 5.69 Å². The Bertz CT molecular complexity index is 835. The molecule has 134 valence electrons. The van der Waals surface area contributed by atoms with E-state index in [1.165, 1.54) is 12.1 Å². The van der Waals surface area contributed by atoms with Crippen LogP contribution in [-0.2, 0) is 4.79 Å². The highest BCUT2D eigenvalue weighted by atomic mass is 32.2. The Hall–Kier alpha value is -2.80. The van der Waals surface area contributed by atoms with E-state index in [-0.39, 0.29) is 23.6 Å². The van der Waals surface area contributed by atoms with E-state index in [1.54, 1.807) is 18.2 Å². The summed E-state index contributed by atoms with van der Waals surface area (Å²) in [5.41, 5.74) is 1.44. The molecule has 0 bridgehead atoms. The predicted octanol–water partition coefficient (Wildman–Crippen LogP) is 4.33. The van der Waals surface area contributed by atoms with Gasteiger partial charge in [0.25, 0.3) is 11.1 Å². The monoisotopic (exact) mass is 372 g/mol. The van der Waals surface area contributed by atoms with E-state index >= 15 is 0 Å². The summed E-state index contributed by atoms with van der Waals surface area (Å²) in [5.74, 6) is 0.0315. The fraction of sp³-hybridized carbons (Fsp3) is 0.158. The Kier molecular flexibility index (Phi) is 5.58. The molecule has 0 aromatic heterocycles. The Morgan fingerprint density at radius 3 is 2.46 bits per heavy atom. The second-order valence-electron chi connectivity index (χ2n) is 5.45. The number of halogens is 1. The molecule has 2 aromatic rings. The molecule has 0 aliphatic carbocycles. The summed E-state index contributed by atoms with van der Waals surface area (Å²) >= 11 is 0.870. The Labute approximate surface area is 154 Å². The van der Waals surface area contributed by atoms with Crippen molar-refractivity contribution in [2.75, 3.05) is 18.6 Å². The maximum absolute atomic E-state index is 13.0. The van der Waals surface area contributed by atoms with Gasteiger partial charge in [0.05, 0.1) is 18.2 Å². The third-order valence-electron chi connectivity index (χ3n) is 3.65. The van der Waals surface area contributed by atoms with Crippen molar-refractivity contribution in [2.45, 2.75) is 6.92 Å². The second kappa shape index (κ2) is 8.05. The van der Waals surface area contributed by atoms with Gasteiger partial charge in [0.15, 0.2) is 0 Å². The van der Waals surface area contributed by atoms with E-state index in [4.69, 9.17) is 4.74 Å². The van der Waals surface area contributed by atoms with E-state index in [1.807, 2.05) is 31.2 Å². The smallest absolute Gasteiger partial charge is 0.295 e. The molecule has 0 atom stereocenters. The first-order chi connectivity index (χ1) is 12.6. The number of ether oxygens (including phenoxy) is 1. The molecule has 1 saturated heterocycles. The van der Waals surface area contributed by atoms with Crippen LogP contribution in [0.4, 0.5) is 14.9 Å². The van der Waals surface area contributed by atoms with E-state index in [0.717, 1.165) is 28.1 Å². The number of rotatable bonds is 6. The first-order valence-electron chi connectivity index (χ1n) is 8.04. The highest BCUT2D eigenvalue weighted by Crippen LogP contribution is 2.32. The molecule has 0 unspecified atom stereocenters. The van der Waals surface area contributed by atoms with Gasteiger partial charge in [0.1, 0.15) is 11.6 Å². The Morgan fingerprint density at radius 2 is 1.81 bits per heavy atom. The van der Waals surface area contributed by atoms with Crippen LogP contribution in [-0.4, -0.2) is 29.3 Å². The third kappa shape index (κ3) is 4.23. The van der Waals surface area contributed by atoms with Gasteiger partial charge in [-0.05, 0) is 66.7 Å². The number of hydrogen-bond donors (Lipinski definition) is 1. The zero-order valence-electron chi connectivity index (χ0n) is 14.1. The summed E-state index contributed by atoms with van der Waals surface area (Å²) in [7, 11) is 0. The quantitative estimate of drug-likeness (QED) is 0.765. The highest BCUT2D eigenvalue weighted by Gasteiger charge is 2.34. The SMILES string of the molecule is CCOc1ccc(NCN2C(=O)S/C(=C\c3ccc(F)cc3)C2=O)cc1. The van der Waals surface area contributed by atoms with Crippen molar-refractivity contribution in [3.05, 3.63) is 64.8 Å². The van der Waals surface area contributed by atoms with Crippen LogP contribution in [0.5, 0.6) is 5.75 Å². The van der Waals surface area contributed by atoms with Crippen LogP contribution in [0.2, 0.25) is 0 Å². The average molecular weight is 372 g/mol. The normalized spacial score (nSPS) is 15.6. The molecule has 0 radical (unpaired) electrons. The first kappa shape index (κ1) is 18.0. The molecule has 1 fully saturated rings. The fourth-order valence-electron chi connectivity index (χ4n) is 2.35. The van der Waals surface area contributed by atoms with Gasteiger partial charge < -0.3 is 10.1 Å². The van der Waals surface area contributed by atoms with Crippen LogP contribution in [0.3, 0.4) is 0 Å². The minimum absolute atomic E-state index is 0.0689. The van der Waals surface area contributed by atoms with Crippen molar-refractivity contribution < 1.29 is 18.7 Å². The minimum Gasteiger partial charge on any atom is -0.494 e. The molecule has 0 saturated carbocycles.